The Kier molecular flexibility index (Phi) is 3.07. The number of halogens is 2. The number of pyridine rings is 1. The first-order valence-corrected chi connectivity index (χ1v) is 4.81. The minimum absolute atomic E-state index is 0.385. The second-order valence-corrected chi connectivity index (χ2v) is 3.44. The van der Waals surface area contributed by atoms with Crippen LogP contribution < -0.4 is 11.3 Å². The lowest BCUT2D eigenvalue weighted by atomic mass is 10.1. The van der Waals surface area contributed by atoms with Crippen molar-refractivity contribution in [1.82, 2.24) is 10.4 Å². The summed E-state index contributed by atoms with van der Waals surface area (Å²) >= 11 is 0. The van der Waals surface area contributed by atoms with Crippen LogP contribution in [0.25, 0.3) is 10.9 Å². The summed E-state index contributed by atoms with van der Waals surface area (Å²) in [6, 6.07) is 7.81. The highest BCUT2D eigenvalue weighted by Crippen LogP contribution is 2.22. The maximum atomic E-state index is 12.6. The van der Waals surface area contributed by atoms with Crippen molar-refractivity contribution < 1.29 is 8.78 Å². The smallest absolute Gasteiger partial charge is 0.259 e. The number of aromatic nitrogens is 1. The molecule has 0 bridgehead atoms. The van der Waals surface area contributed by atoms with Crippen molar-refractivity contribution >= 4 is 10.9 Å². The molecule has 1 aromatic carbocycles. The van der Waals surface area contributed by atoms with Crippen molar-refractivity contribution in [2.45, 2.75) is 12.5 Å². The third-order valence-corrected chi connectivity index (χ3v) is 2.40. The van der Waals surface area contributed by atoms with Crippen LogP contribution in [0, 0.1) is 0 Å². The minimum atomic E-state index is -2.56. The van der Waals surface area contributed by atoms with E-state index in [1.54, 1.807) is 6.07 Å². The normalized spacial score (nSPS) is 13.2. The van der Waals surface area contributed by atoms with Crippen LogP contribution in [0.2, 0.25) is 0 Å². The maximum Gasteiger partial charge on any atom is 0.259 e. The predicted molar refractivity (Wildman–Crippen MR) is 57.8 cm³/mol. The molecule has 3 N–H and O–H groups in total. The Labute approximate surface area is 91.3 Å². The number of alkyl halides is 2. The number of nitrogens with one attached hydrogen (secondary N) is 1. The van der Waals surface area contributed by atoms with Crippen molar-refractivity contribution in [3.8, 4) is 0 Å². The van der Waals surface area contributed by atoms with Crippen LogP contribution in [0.15, 0.2) is 36.5 Å². The second-order valence-electron chi connectivity index (χ2n) is 3.44. The largest absolute Gasteiger partial charge is 0.271 e. The van der Waals surface area contributed by atoms with Gasteiger partial charge in [-0.1, -0.05) is 18.2 Å². The zero-order valence-corrected chi connectivity index (χ0v) is 8.40. The van der Waals surface area contributed by atoms with Crippen LogP contribution in [0.1, 0.15) is 11.6 Å². The molecular formula is C11H11F2N3. The van der Waals surface area contributed by atoms with E-state index in [-0.39, 0.29) is 0 Å². The maximum absolute atomic E-state index is 12.6. The lowest BCUT2D eigenvalue weighted by Crippen LogP contribution is -2.32. The van der Waals surface area contributed by atoms with Crippen LogP contribution in [-0.4, -0.2) is 11.4 Å². The molecule has 1 unspecified atom stereocenters. The molecule has 16 heavy (non-hydrogen) atoms. The summed E-state index contributed by atoms with van der Waals surface area (Å²) < 4.78 is 25.2. The van der Waals surface area contributed by atoms with Gasteiger partial charge in [-0.25, -0.2) is 14.2 Å². The van der Waals surface area contributed by atoms with Crippen molar-refractivity contribution in [3.63, 3.8) is 0 Å². The molecule has 0 saturated heterocycles. The highest BCUT2D eigenvalue weighted by molar-refractivity contribution is 5.78. The van der Waals surface area contributed by atoms with Crippen molar-refractivity contribution in [1.29, 1.82) is 0 Å². The third-order valence-electron chi connectivity index (χ3n) is 2.40. The monoisotopic (exact) mass is 223 g/mol. The van der Waals surface area contributed by atoms with Gasteiger partial charge in [-0.05, 0) is 17.7 Å². The predicted octanol–water partition coefficient (Wildman–Crippen LogP) is 2.00. The van der Waals surface area contributed by atoms with Crippen molar-refractivity contribution in [3.05, 3.63) is 42.1 Å². The Morgan fingerprint density at radius 3 is 2.69 bits per heavy atom. The van der Waals surface area contributed by atoms with E-state index in [9.17, 15) is 8.78 Å². The molecule has 0 aliphatic heterocycles. The summed E-state index contributed by atoms with van der Waals surface area (Å²) in [6.07, 6.45) is -1.15. The van der Waals surface area contributed by atoms with Crippen molar-refractivity contribution in [2.75, 3.05) is 0 Å². The molecule has 0 amide bonds. The van der Waals surface area contributed by atoms with E-state index in [2.05, 4.69) is 10.4 Å². The molecule has 2 rings (SSSR count). The van der Waals surface area contributed by atoms with Gasteiger partial charge in [-0.2, -0.15) is 0 Å². The van der Waals surface area contributed by atoms with Gasteiger partial charge < -0.3 is 0 Å². The summed E-state index contributed by atoms with van der Waals surface area (Å²) in [5.41, 5.74) is 3.25. The van der Waals surface area contributed by atoms with Crippen LogP contribution in [0.5, 0.6) is 0 Å². The Balaban J connectivity index is 2.45. The van der Waals surface area contributed by atoms with E-state index in [1.807, 2.05) is 24.3 Å². The number of para-hydroxylation sites is 1. The molecule has 0 saturated carbocycles. The number of fused-ring (bicyclic) bond motifs is 1. The highest BCUT2D eigenvalue weighted by Gasteiger charge is 2.21. The average molecular weight is 223 g/mol. The standard InChI is InChI=1S/C11H11F2N3/c12-11(13)10(16-14)8-5-7-3-1-2-4-9(7)15-6-8/h1-6,10-11,16H,14H2. The zero-order chi connectivity index (χ0) is 11.5. The molecule has 1 atom stereocenters. The molecule has 0 aliphatic rings. The molecular weight excluding hydrogens is 212 g/mol. The summed E-state index contributed by atoms with van der Waals surface area (Å²) in [7, 11) is 0. The number of rotatable bonds is 3. The number of hydrogen-bond donors (Lipinski definition) is 2. The third kappa shape index (κ3) is 2.00. The average Bonchev–Trinajstić information content (AvgIpc) is 2.29. The first kappa shape index (κ1) is 10.9. The quantitative estimate of drug-likeness (QED) is 0.618. The lowest BCUT2D eigenvalue weighted by molar-refractivity contribution is 0.0985. The first-order chi connectivity index (χ1) is 7.72. The van der Waals surface area contributed by atoms with Crippen LogP contribution in [0.3, 0.4) is 0 Å². The molecule has 1 heterocycles. The van der Waals surface area contributed by atoms with Gasteiger partial charge in [0.05, 0.1) is 5.52 Å². The zero-order valence-electron chi connectivity index (χ0n) is 8.40. The molecule has 0 fully saturated rings. The van der Waals surface area contributed by atoms with E-state index in [0.717, 1.165) is 10.9 Å². The molecule has 84 valence electrons. The second kappa shape index (κ2) is 4.51. The van der Waals surface area contributed by atoms with Crippen molar-refractivity contribution in [2.24, 2.45) is 5.84 Å². The summed E-state index contributed by atoms with van der Waals surface area (Å²) in [6.45, 7) is 0. The Morgan fingerprint density at radius 2 is 2.00 bits per heavy atom. The molecule has 5 heteroatoms. The van der Waals surface area contributed by atoms with Gasteiger partial charge in [-0.15, -0.1) is 0 Å². The summed E-state index contributed by atoms with van der Waals surface area (Å²) in [4.78, 5) is 4.10. The molecule has 2 aromatic rings. The van der Waals surface area contributed by atoms with Gasteiger partial charge in [-0.3, -0.25) is 10.8 Å². The fourth-order valence-corrected chi connectivity index (χ4v) is 1.57. The molecule has 1 aromatic heterocycles. The van der Waals surface area contributed by atoms with Gasteiger partial charge >= 0.3 is 0 Å². The van der Waals surface area contributed by atoms with E-state index in [4.69, 9.17) is 5.84 Å². The van der Waals surface area contributed by atoms with Crippen LogP contribution in [-0.2, 0) is 0 Å². The molecule has 0 spiro atoms. The number of benzene rings is 1. The Morgan fingerprint density at radius 1 is 1.25 bits per heavy atom. The van der Waals surface area contributed by atoms with E-state index in [0.29, 0.717) is 5.56 Å². The fourth-order valence-electron chi connectivity index (χ4n) is 1.57. The van der Waals surface area contributed by atoms with E-state index < -0.39 is 12.5 Å². The molecule has 0 radical (unpaired) electrons. The van der Waals surface area contributed by atoms with Crippen LogP contribution in [0.4, 0.5) is 8.78 Å². The number of hydrogen-bond acceptors (Lipinski definition) is 3. The number of nitrogens with zero attached hydrogens (tertiary/aromatic N) is 1. The highest BCUT2D eigenvalue weighted by atomic mass is 19.3. The topological polar surface area (TPSA) is 50.9 Å². The van der Waals surface area contributed by atoms with Crippen LogP contribution >= 0.6 is 0 Å². The van der Waals surface area contributed by atoms with Gasteiger partial charge in [0, 0.05) is 11.6 Å². The van der Waals surface area contributed by atoms with Gasteiger partial charge in [0.25, 0.3) is 6.43 Å². The van der Waals surface area contributed by atoms with Gasteiger partial charge in [0.15, 0.2) is 0 Å². The summed E-state index contributed by atoms with van der Waals surface area (Å²) in [5.74, 6) is 5.09. The van der Waals surface area contributed by atoms with Gasteiger partial charge in [0.1, 0.15) is 6.04 Å². The first-order valence-electron chi connectivity index (χ1n) is 4.81. The van der Waals surface area contributed by atoms with E-state index >= 15 is 0 Å². The van der Waals surface area contributed by atoms with E-state index in [1.165, 1.54) is 6.20 Å². The Hall–Kier alpha value is -1.59. The number of hydrazine groups is 1. The van der Waals surface area contributed by atoms with Gasteiger partial charge in [0.2, 0.25) is 0 Å². The SMILES string of the molecule is NNC(c1cnc2ccccc2c1)C(F)F. The minimum Gasteiger partial charge on any atom is -0.271 e. The fraction of sp³-hybridized carbons (Fsp3) is 0.182. The molecule has 3 nitrogen and oxygen atoms in total. The Bertz CT molecular complexity index is 487. The lowest BCUT2D eigenvalue weighted by Gasteiger charge is -2.15. The summed E-state index contributed by atoms with van der Waals surface area (Å²) in [5, 5.41) is 0.820. The molecule has 0 aliphatic carbocycles. The number of nitrogens with two attached hydrogens (primary N) is 1.